The number of rotatable bonds is 3. The first-order chi connectivity index (χ1) is 5.38. The predicted octanol–water partition coefficient (Wildman–Crippen LogP) is 2.35. The molecule has 0 spiro atoms. The van der Waals surface area contributed by atoms with Crippen LogP contribution in [0.5, 0.6) is 11.5 Å². The highest BCUT2D eigenvalue weighted by Crippen LogP contribution is 2.27. The maximum atomic E-state index is 5.22. The minimum Gasteiger partial charge on any atom is -0.493 e. The van der Waals surface area contributed by atoms with Gasteiger partial charge in [-0.3, -0.25) is 0 Å². The number of benzene rings is 1. The van der Waals surface area contributed by atoms with Gasteiger partial charge in [0.1, 0.15) is 0 Å². The standard InChI is InChI=1S/C8H10O2S/c1-9-7-5-3-4-6-8(7)10-11-2/h3-6H,1-2H3. The van der Waals surface area contributed by atoms with E-state index in [0.29, 0.717) is 0 Å². The highest BCUT2D eigenvalue weighted by Gasteiger charge is 2.00. The average Bonchev–Trinajstić information content (AvgIpc) is 2.06. The molecule has 0 saturated carbocycles. The Morgan fingerprint density at radius 1 is 1.18 bits per heavy atom. The summed E-state index contributed by atoms with van der Waals surface area (Å²) >= 11 is 1.30. The number of hydrogen-bond donors (Lipinski definition) is 0. The first kappa shape index (κ1) is 8.27. The molecule has 60 valence electrons. The zero-order valence-electron chi connectivity index (χ0n) is 6.53. The smallest absolute Gasteiger partial charge is 0.179 e. The van der Waals surface area contributed by atoms with Crippen molar-refractivity contribution in [1.29, 1.82) is 0 Å². The lowest BCUT2D eigenvalue weighted by molar-refractivity contribution is 0.399. The normalized spacial score (nSPS) is 9.27. The molecule has 0 aliphatic rings. The second kappa shape index (κ2) is 4.13. The summed E-state index contributed by atoms with van der Waals surface area (Å²) in [6.07, 6.45) is 1.87. The Hall–Kier alpha value is -0.830. The van der Waals surface area contributed by atoms with Gasteiger partial charge in [-0.25, -0.2) is 0 Å². The summed E-state index contributed by atoms with van der Waals surface area (Å²) < 4.78 is 10.3. The number of methoxy groups -OCH3 is 1. The molecule has 1 rings (SSSR count). The van der Waals surface area contributed by atoms with E-state index in [1.807, 2.05) is 30.5 Å². The molecule has 0 aliphatic carbocycles. The Morgan fingerprint density at radius 2 is 1.82 bits per heavy atom. The van der Waals surface area contributed by atoms with Crippen molar-refractivity contribution in [3.63, 3.8) is 0 Å². The Morgan fingerprint density at radius 3 is 2.36 bits per heavy atom. The van der Waals surface area contributed by atoms with Gasteiger partial charge in [-0.1, -0.05) is 12.1 Å². The van der Waals surface area contributed by atoms with E-state index in [2.05, 4.69) is 0 Å². The molecular formula is C8H10O2S. The van der Waals surface area contributed by atoms with E-state index in [1.54, 1.807) is 7.11 Å². The van der Waals surface area contributed by atoms with Crippen molar-refractivity contribution < 1.29 is 8.92 Å². The summed E-state index contributed by atoms with van der Waals surface area (Å²) in [6.45, 7) is 0. The van der Waals surface area contributed by atoms with Crippen LogP contribution in [0.2, 0.25) is 0 Å². The minimum absolute atomic E-state index is 0.766. The second-order valence-electron chi connectivity index (χ2n) is 1.90. The largest absolute Gasteiger partial charge is 0.493 e. The zero-order valence-corrected chi connectivity index (χ0v) is 7.35. The van der Waals surface area contributed by atoms with Crippen molar-refractivity contribution in [1.82, 2.24) is 0 Å². The first-order valence-corrected chi connectivity index (χ1v) is 4.37. The SMILES string of the molecule is COc1ccccc1OSC. The van der Waals surface area contributed by atoms with Gasteiger partial charge >= 0.3 is 0 Å². The minimum atomic E-state index is 0.766. The zero-order chi connectivity index (χ0) is 8.10. The van der Waals surface area contributed by atoms with Gasteiger partial charge in [-0.2, -0.15) is 0 Å². The quantitative estimate of drug-likeness (QED) is 0.649. The lowest BCUT2D eigenvalue weighted by Gasteiger charge is -2.05. The molecule has 0 radical (unpaired) electrons. The third-order valence-corrected chi connectivity index (χ3v) is 1.59. The fourth-order valence-electron chi connectivity index (χ4n) is 0.777. The Balaban J connectivity index is 2.83. The number of ether oxygens (including phenoxy) is 1. The van der Waals surface area contributed by atoms with Crippen LogP contribution in [0.1, 0.15) is 0 Å². The van der Waals surface area contributed by atoms with E-state index in [0.717, 1.165) is 11.5 Å². The maximum absolute atomic E-state index is 5.22. The third-order valence-electron chi connectivity index (χ3n) is 1.24. The molecule has 11 heavy (non-hydrogen) atoms. The van der Waals surface area contributed by atoms with Gasteiger partial charge in [-0.15, -0.1) is 0 Å². The van der Waals surface area contributed by atoms with Crippen molar-refractivity contribution >= 4 is 12.0 Å². The summed E-state index contributed by atoms with van der Waals surface area (Å²) in [4.78, 5) is 0. The van der Waals surface area contributed by atoms with Gasteiger partial charge in [0.15, 0.2) is 11.5 Å². The monoisotopic (exact) mass is 170 g/mol. The van der Waals surface area contributed by atoms with E-state index in [1.165, 1.54) is 12.0 Å². The van der Waals surface area contributed by atoms with Crippen molar-refractivity contribution in [2.24, 2.45) is 0 Å². The maximum Gasteiger partial charge on any atom is 0.179 e. The van der Waals surface area contributed by atoms with Gasteiger partial charge in [-0.05, 0) is 12.1 Å². The van der Waals surface area contributed by atoms with Crippen LogP contribution in [-0.2, 0) is 0 Å². The van der Waals surface area contributed by atoms with Crippen molar-refractivity contribution in [2.75, 3.05) is 13.4 Å². The topological polar surface area (TPSA) is 18.5 Å². The molecule has 0 amide bonds. The van der Waals surface area contributed by atoms with E-state index >= 15 is 0 Å². The molecule has 0 N–H and O–H groups in total. The van der Waals surface area contributed by atoms with Crippen molar-refractivity contribution in [2.45, 2.75) is 0 Å². The van der Waals surface area contributed by atoms with Crippen molar-refractivity contribution in [3.8, 4) is 11.5 Å². The molecule has 0 saturated heterocycles. The molecule has 0 atom stereocenters. The lowest BCUT2D eigenvalue weighted by Crippen LogP contribution is -1.86. The summed E-state index contributed by atoms with van der Waals surface area (Å²) in [7, 11) is 1.63. The van der Waals surface area contributed by atoms with Gasteiger partial charge in [0, 0.05) is 6.26 Å². The molecule has 1 aromatic carbocycles. The average molecular weight is 170 g/mol. The molecule has 0 heterocycles. The van der Waals surface area contributed by atoms with Crippen LogP contribution in [-0.4, -0.2) is 13.4 Å². The van der Waals surface area contributed by atoms with Gasteiger partial charge < -0.3 is 8.92 Å². The van der Waals surface area contributed by atoms with Crippen LogP contribution in [0, 0.1) is 0 Å². The summed E-state index contributed by atoms with van der Waals surface area (Å²) in [5, 5.41) is 0. The Bertz CT molecular complexity index is 225. The van der Waals surface area contributed by atoms with Crippen LogP contribution >= 0.6 is 12.0 Å². The highest BCUT2D eigenvalue weighted by atomic mass is 32.2. The fourth-order valence-corrected chi connectivity index (χ4v) is 1.09. The van der Waals surface area contributed by atoms with Gasteiger partial charge in [0.05, 0.1) is 19.2 Å². The Labute approximate surface area is 70.7 Å². The van der Waals surface area contributed by atoms with Gasteiger partial charge in [0.25, 0.3) is 0 Å². The van der Waals surface area contributed by atoms with Crippen molar-refractivity contribution in [3.05, 3.63) is 24.3 Å². The van der Waals surface area contributed by atoms with Crippen LogP contribution < -0.4 is 8.92 Å². The highest BCUT2D eigenvalue weighted by molar-refractivity contribution is 7.94. The molecule has 0 unspecified atom stereocenters. The lowest BCUT2D eigenvalue weighted by atomic mass is 10.3. The van der Waals surface area contributed by atoms with Crippen LogP contribution in [0.15, 0.2) is 24.3 Å². The molecule has 0 fully saturated rings. The number of para-hydroxylation sites is 2. The van der Waals surface area contributed by atoms with Crippen LogP contribution in [0.4, 0.5) is 0 Å². The third kappa shape index (κ3) is 2.05. The van der Waals surface area contributed by atoms with Crippen LogP contribution in [0.25, 0.3) is 0 Å². The molecule has 3 heteroatoms. The fraction of sp³-hybridized carbons (Fsp3) is 0.250. The molecular weight excluding hydrogens is 160 g/mol. The molecule has 1 aromatic rings. The van der Waals surface area contributed by atoms with Crippen LogP contribution in [0.3, 0.4) is 0 Å². The Kier molecular flexibility index (Phi) is 3.11. The molecule has 0 aliphatic heterocycles. The first-order valence-electron chi connectivity index (χ1n) is 3.22. The molecule has 0 aromatic heterocycles. The molecule has 2 nitrogen and oxygen atoms in total. The van der Waals surface area contributed by atoms with E-state index in [9.17, 15) is 0 Å². The number of hydrogen-bond acceptors (Lipinski definition) is 3. The van der Waals surface area contributed by atoms with Gasteiger partial charge in [0.2, 0.25) is 0 Å². The second-order valence-corrected chi connectivity index (χ2v) is 2.40. The summed E-state index contributed by atoms with van der Waals surface area (Å²) in [5.41, 5.74) is 0. The predicted molar refractivity (Wildman–Crippen MR) is 47.1 cm³/mol. The molecule has 0 bridgehead atoms. The van der Waals surface area contributed by atoms with E-state index < -0.39 is 0 Å². The summed E-state index contributed by atoms with van der Waals surface area (Å²) in [5.74, 6) is 1.53. The van der Waals surface area contributed by atoms with E-state index in [4.69, 9.17) is 8.92 Å². The van der Waals surface area contributed by atoms with E-state index in [-0.39, 0.29) is 0 Å². The summed E-state index contributed by atoms with van der Waals surface area (Å²) in [6, 6.07) is 7.56.